The molecule has 0 aliphatic heterocycles. The molecule has 0 spiro atoms. The van der Waals surface area contributed by atoms with Gasteiger partial charge in [0, 0.05) is 7.05 Å². The smallest absolute Gasteiger partial charge is 0.329 e. The van der Waals surface area contributed by atoms with Crippen molar-refractivity contribution in [2.24, 2.45) is 12.1 Å². The fourth-order valence-electron chi connectivity index (χ4n) is 3.99. The van der Waals surface area contributed by atoms with E-state index in [4.69, 9.17) is 4.74 Å². The molecular formula is C28H26N6O3. The number of hydrogen-bond donors (Lipinski definition) is 2. The summed E-state index contributed by atoms with van der Waals surface area (Å²) in [6, 6.07) is 25.4. The molecule has 0 amide bonds. The van der Waals surface area contributed by atoms with E-state index in [1.54, 1.807) is 17.8 Å². The van der Waals surface area contributed by atoms with Crippen LogP contribution in [0.25, 0.3) is 11.2 Å². The molecule has 2 heterocycles. The Morgan fingerprint density at radius 2 is 1.73 bits per heavy atom. The van der Waals surface area contributed by atoms with Crippen molar-refractivity contribution in [2.45, 2.75) is 20.1 Å². The van der Waals surface area contributed by atoms with Crippen LogP contribution >= 0.6 is 0 Å². The van der Waals surface area contributed by atoms with Crippen molar-refractivity contribution in [3.63, 3.8) is 0 Å². The molecule has 0 saturated carbocycles. The van der Waals surface area contributed by atoms with Gasteiger partial charge in [-0.1, -0.05) is 54.6 Å². The van der Waals surface area contributed by atoms with E-state index in [0.29, 0.717) is 24.6 Å². The van der Waals surface area contributed by atoms with E-state index < -0.39 is 11.2 Å². The number of nitrogens with one attached hydrogen (secondary N) is 2. The largest absolute Gasteiger partial charge is 0.489 e. The van der Waals surface area contributed by atoms with E-state index in [1.165, 1.54) is 4.57 Å². The summed E-state index contributed by atoms with van der Waals surface area (Å²) in [5.41, 5.74) is 6.55. The molecule has 2 aromatic heterocycles. The van der Waals surface area contributed by atoms with Crippen LogP contribution in [0.1, 0.15) is 22.3 Å². The predicted octanol–water partition coefficient (Wildman–Crippen LogP) is 3.81. The number of anilines is 1. The summed E-state index contributed by atoms with van der Waals surface area (Å²) < 4.78 is 8.88. The van der Waals surface area contributed by atoms with E-state index in [-0.39, 0.29) is 5.65 Å². The zero-order chi connectivity index (χ0) is 25.8. The minimum Gasteiger partial charge on any atom is -0.489 e. The van der Waals surface area contributed by atoms with Gasteiger partial charge < -0.3 is 4.74 Å². The molecule has 37 heavy (non-hydrogen) atoms. The summed E-state index contributed by atoms with van der Waals surface area (Å²) >= 11 is 0. The molecule has 9 heteroatoms. The van der Waals surface area contributed by atoms with Gasteiger partial charge in [0.15, 0.2) is 11.2 Å². The SMILES string of the molecule is Cc1ccccc1Cn1c(NN=Cc2ccc(OCc3ccccc3)cc2)nc2c1c(=O)[nH]c(=O)n2C. The molecule has 3 aromatic carbocycles. The van der Waals surface area contributed by atoms with E-state index in [0.717, 1.165) is 28.0 Å². The molecular weight excluding hydrogens is 468 g/mol. The van der Waals surface area contributed by atoms with Crippen LogP contribution in [-0.4, -0.2) is 25.3 Å². The Kier molecular flexibility index (Phi) is 6.67. The minimum atomic E-state index is -0.525. The number of aromatic amines is 1. The van der Waals surface area contributed by atoms with Crippen LogP contribution in [0.3, 0.4) is 0 Å². The molecule has 0 unspecified atom stereocenters. The Morgan fingerprint density at radius 3 is 2.49 bits per heavy atom. The van der Waals surface area contributed by atoms with Gasteiger partial charge in [-0.2, -0.15) is 10.1 Å². The second-order valence-electron chi connectivity index (χ2n) is 8.65. The van der Waals surface area contributed by atoms with Crippen LogP contribution in [0.4, 0.5) is 5.95 Å². The maximum absolute atomic E-state index is 12.7. The van der Waals surface area contributed by atoms with Gasteiger partial charge in [0.05, 0.1) is 12.8 Å². The van der Waals surface area contributed by atoms with Crippen LogP contribution < -0.4 is 21.4 Å². The number of ether oxygens (including phenoxy) is 1. The molecule has 0 radical (unpaired) electrons. The van der Waals surface area contributed by atoms with Crippen LogP contribution in [0.5, 0.6) is 5.75 Å². The monoisotopic (exact) mass is 494 g/mol. The van der Waals surface area contributed by atoms with Crippen molar-refractivity contribution in [3.8, 4) is 5.75 Å². The Labute approximate surface area is 212 Å². The first-order valence-electron chi connectivity index (χ1n) is 11.8. The lowest BCUT2D eigenvalue weighted by atomic mass is 10.1. The average molecular weight is 495 g/mol. The standard InChI is InChI=1S/C28H26N6O3/c1-19-8-6-7-11-22(19)17-34-24-25(33(2)28(36)31-26(24)35)30-27(34)32-29-16-20-12-14-23(15-13-20)37-18-21-9-4-3-5-10-21/h3-16H,17-18H2,1-2H3,(H,30,32)(H,31,35,36). The van der Waals surface area contributed by atoms with Crippen molar-refractivity contribution in [3.05, 3.63) is 122 Å². The topological polar surface area (TPSA) is 106 Å². The first kappa shape index (κ1) is 23.8. The third-order valence-corrected chi connectivity index (χ3v) is 6.10. The number of nitrogens with zero attached hydrogens (tertiary/aromatic N) is 4. The quantitative estimate of drug-likeness (QED) is 0.252. The van der Waals surface area contributed by atoms with E-state index in [9.17, 15) is 9.59 Å². The molecule has 5 aromatic rings. The van der Waals surface area contributed by atoms with Crippen molar-refractivity contribution < 1.29 is 4.74 Å². The van der Waals surface area contributed by atoms with Gasteiger partial charge >= 0.3 is 5.69 Å². The van der Waals surface area contributed by atoms with E-state index in [1.807, 2.05) is 85.8 Å². The number of benzene rings is 3. The van der Waals surface area contributed by atoms with Crippen molar-refractivity contribution in [2.75, 3.05) is 5.43 Å². The molecule has 5 rings (SSSR count). The summed E-state index contributed by atoms with van der Waals surface area (Å²) in [5.74, 6) is 1.11. The molecule has 0 saturated heterocycles. The van der Waals surface area contributed by atoms with Gasteiger partial charge in [-0.25, -0.2) is 10.2 Å². The maximum Gasteiger partial charge on any atom is 0.329 e. The van der Waals surface area contributed by atoms with Gasteiger partial charge in [-0.3, -0.25) is 18.9 Å². The lowest BCUT2D eigenvalue weighted by molar-refractivity contribution is 0.306. The lowest BCUT2D eigenvalue weighted by Gasteiger charge is -2.10. The highest BCUT2D eigenvalue weighted by molar-refractivity contribution is 5.80. The number of hydrogen-bond acceptors (Lipinski definition) is 6. The zero-order valence-electron chi connectivity index (χ0n) is 20.5. The molecule has 2 N–H and O–H groups in total. The fourth-order valence-corrected chi connectivity index (χ4v) is 3.99. The fraction of sp³-hybridized carbons (Fsp3) is 0.143. The van der Waals surface area contributed by atoms with Crippen molar-refractivity contribution in [1.82, 2.24) is 19.1 Å². The molecule has 186 valence electrons. The highest BCUT2D eigenvalue weighted by Crippen LogP contribution is 2.19. The Balaban J connectivity index is 1.38. The van der Waals surface area contributed by atoms with Crippen LogP contribution in [0.2, 0.25) is 0 Å². The van der Waals surface area contributed by atoms with Gasteiger partial charge in [0.1, 0.15) is 12.4 Å². The highest BCUT2D eigenvalue weighted by atomic mass is 16.5. The third kappa shape index (κ3) is 5.20. The summed E-state index contributed by atoms with van der Waals surface area (Å²) in [7, 11) is 1.57. The maximum atomic E-state index is 12.7. The molecule has 9 nitrogen and oxygen atoms in total. The van der Waals surface area contributed by atoms with Crippen molar-refractivity contribution >= 4 is 23.3 Å². The number of aryl methyl sites for hydroxylation is 2. The second-order valence-corrected chi connectivity index (χ2v) is 8.65. The first-order chi connectivity index (χ1) is 18.0. The van der Waals surface area contributed by atoms with Crippen LogP contribution in [0, 0.1) is 6.92 Å². The number of H-pyrrole nitrogens is 1. The van der Waals surface area contributed by atoms with E-state index >= 15 is 0 Å². The number of rotatable bonds is 8. The number of imidazole rings is 1. The Hall–Kier alpha value is -4.92. The Bertz CT molecular complexity index is 1680. The van der Waals surface area contributed by atoms with Crippen LogP contribution in [-0.2, 0) is 20.2 Å². The summed E-state index contributed by atoms with van der Waals surface area (Å²) in [4.78, 5) is 31.7. The molecule has 0 fully saturated rings. The lowest BCUT2D eigenvalue weighted by Crippen LogP contribution is -2.29. The average Bonchev–Trinajstić information content (AvgIpc) is 3.27. The third-order valence-electron chi connectivity index (χ3n) is 6.10. The van der Waals surface area contributed by atoms with Crippen LogP contribution in [0.15, 0.2) is 93.6 Å². The van der Waals surface area contributed by atoms with Gasteiger partial charge in [0.25, 0.3) is 5.56 Å². The number of fused-ring (bicyclic) bond motifs is 1. The Morgan fingerprint density at radius 1 is 1.00 bits per heavy atom. The normalized spacial score (nSPS) is 11.3. The summed E-state index contributed by atoms with van der Waals surface area (Å²) in [6.45, 7) is 2.89. The van der Waals surface area contributed by atoms with Gasteiger partial charge in [-0.05, 0) is 53.4 Å². The highest BCUT2D eigenvalue weighted by Gasteiger charge is 2.18. The zero-order valence-corrected chi connectivity index (χ0v) is 20.5. The number of aromatic nitrogens is 4. The molecule has 0 aliphatic rings. The molecule has 0 aliphatic carbocycles. The molecule has 0 atom stereocenters. The number of hydrazone groups is 1. The summed E-state index contributed by atoms with van der Waals surface area (Å²) in [5, 5.41) is 4.34. The second kappa shape index (κ2) is 10.4. The van der Waals surface area contributed by atoms with Gasteiger partial charge in [0.2, 0.25) is 5.95 Å². The summed E-state index contributed by atoms with van der Waals surface area (Å²) in [6.07, 6.45) is 1.65. The van der Waals surface area contributed by atoms with E-state index in [2.05, 4.69) is 20.5 Å². The minimum absolute atomic E-state index is 0.278. The molecule has 0 bridgehead atoms. The first-order valence-corrected chi connectivity index (χ1v) is 11.8. The van der Waals surface area contributed by atoms with Gasteiger partial charge in [-0.15, -0.1) is 0 Å². The van der Waals surface area contributed by atoms with Crippen molar-refractivity contribution in [1.29, 1.82) is 0 Å². The predicted molar refractivity (Wildman–Crippen MR) is 144 cm³/mol.